The van der Waals surface area contributed by atoms with Gasteiger partial charge in [0.1, 0.15) is 0 Å². The van der Waals surface area contributed by atoms with Gasteiger partial charge in [0.25, 0.3) is 0 Å². The number of nitrogens with zero attached hydrogens (tertiary/aromatic N) is 1. The van der Waals surface area contributed by atoms with Crippen LogP contribution in [0.3, 0.4) is 0 Å². The summed E-state index contributed by atoms with van der Waals surface area (Å²) in [5.41, 5.74) is 5.20. The van der Waals surface area contributed by atoms with Crippen LogP contribution in [0.25, 0.3) is 11.1 Å². The Morgan fingerprint density at radius 1 is 1.17 bits per heavy atom. The number of methoxy groups -OCH3 is 1. The molecule has 0 spiro atoms. The summed E-state index contributed by atoms with van der Waals surface area (Å²) in [5, 5.41) is 6.76. The maximum absolute atomic E-state index is 5.09. The van der Waals surface area contributed by atoms with E-state index in [9.17, 15) is 0 Å². The second-order valence-electron chi connectivity index (χ2n) is 6.12. The van der Waals surface area contributed by atoms with E-state index in [2.05, 4.69) is 57.5 Å². The zero-order chi connectivity index (χ0) is 16.4. The van der Waals surface area contributed by atoms with Crippen LogP contribution in [0.15, 0.2) is 51.8 Å². The summed E-state index contributed by atoms with van der Waals surface area (Å²) in [5.74, 6) is 1.52. The van der Waals surface area contributed by atoms with E-state index in [1.807, 2.05) is 0 Å². The molecule has 1 aliphatic heterocycles. The van der Waals surface area contributed by atoms with Gasteiger partial charge in [-0.15, -0.1) is 0 Å². The number of rotatable bonds is 5. The first kappa shape index (κ1) is 15.5. The third kappa shape index (κ3) is 3.14. The molecule has 124 valence electrons. The molecule has 0 saturated heterocycles. The first-order chi connectivity index (χ1) is 11.9. The molecule has 2 aromatic carbocycles. The lowest BCUT2D eigenvalue weighted by molar-refractivity contribution is 0.204. The highest BCUT2D eigenvalue weighted by atomic mass is 32.2. The van der Waals surface area contributed by atoms with Crippen molar-refractivity contribution in [1.29, 1.82) is 0 Å². The van der Waals surface area contributed by atoms with Gasteiger partial charge in [0.2, 0.25) is 5.96 Å². The number of para-hydroxylation sites is 1. The Hall–Kier alpha value is -1.98. The zero-order valence-corrected chi connectivity index (χ0v) is 14.5. The summed E-state index contributed by atoms with van der Waals surface area (Å²) in [4.78, 5) is 1.16. The van der Waals surface area contributed by atoms with Gasteiger partial charge in [-0.2, -0.15) is 4.40 Å². The highest BCUT2D eigenvalue weighted by Gasteiger charge is 2.27. The van der Waals surface area contributed by atoms with Crippen LogP contribution >= 0.6 is 11.9 Å². The van der Waals surface area contributed by atoms with Gasteiger partial charge >= 0.3 is 0 Å². The second kappa shape index (κ2) is 6.87. The smallest absolute Gasteiger partial charge is 0.208 e. The minimum Gasteiger partial charge on any atom is -0.383 e. The van der Waals surface area contributed by atoms with E-state index in [1.54, 1.807) is 7.11 Å². The predicted molar refractivity (Wildman–Crippen MR) is 101 cm³/mol. The van der Waals surface area contributed by atoms with Gasteiger partial charge in [-0.05, 0) is 36.0 Å². The van der Waals surface area contributed by atoms with Gasteiger partial charge in [0, 0.05) is 31.2 Å². The summed E-state index contributed by atoms with van der Waals surface area (Å²) in [6, 6.07) is 15.2. The Balaban J connectivity index is 1.66. The lowest BCUT2D eigenvalue weighted by atomic mass is 9.95. The van der Waals surface area contributed by atoms with Crippen LogP contribution in [0, 0.1) is 0 Å². The lowest BCUT2D eigenvalue weighted by Gasteiger charge is -2.22. The van der Waals surface area contributed by atoms with E-state index < -0.39 is 0 Å². The minimum absolute atomic E-state index is 0.657. The fraction of sp³-hybridized carbons (Fsp3) is 0.316. The van der Waals surface area contributed by atoms with Gasteiger partial charge in [-0.25, -0.2) is 0 Å². The molecule has 2 aliphatic rings. The standard InChI is InChI=1S/C19H21N3OS/c1-23-12-11-20-19-21-18-16(7-4-8-17(18)24-22-19)15-6-3-2-5-14(15)13-9-10-13/h2-8,13H,9-12H2,1H3,(H2,20,21,22). The number of benzene rings is 2. The summed E-state index contributed by atoms with van der Waals surface area (Å²) in [6.45, 7) is 1.39. The van der Waals surface area contributed by atoms with Crippen molar-refractivity contribution in [2.24, 2.45) is 4.40 Å². The van der Waals surface area contributed by atoms with Crippen molar-refractivity contribution < 1.29 is 4.74 Å². The molecule has 1 saturated carbocycles. The van der Waals surface area contributed by atoms with Crippen LogP contribution in [-0.4, -0.2) is 26.2 Å². The van der Waals surface area contributed by atoms with E-state index in [0.29, 0.717) is 6.61 Å². The molecule has 0 atom stereocenters. The average Bonchev–Trinajstić information content (AvgIpc) is 3.46. The molecule has 0 amide bonds. The highest BCUT2D eigenvalue weighted by Crippen LogP contribution is 2.47. The summed E-state index contributed by atoms with van der Waals surface area (Å²) < 4.78 is 9.60. The SMILES string of the molecule is COCCNC1=NSc2cccc(-c3ccccc3C3CC3)c2N1. The number of guanidine groups is 1. The quantitative estimate of drug-likeness (QED) is 0.631. The van der Waals surface area contributed by atoms with Crippen LogP contribution in [0.1, 0.15) is 24.3 Å². The van der Waals surface area contributed by atoms with Crippen molar-refractivity contribution >= 4 is 23.6 Å². The minimum atomic E-state index is 0.657. The molecular weight excluding hydrogens is 318 g/mol. The normalized spacial score (nSPS) is 16.1. The van der Waals surface area contributed by atoms with Gasteiger partial charge in [-0.3, -0.25) is 0 Å². The van der Waals surface area contributed by atoms with Gasteiger partial charge in [0.15, 0.2) is 0 Å². The fourth-order valence-corrected chi connectivity index (χ4v) is 3.73. The Morgan fingerprint density at radius 3 is 2.83 bits per heavy atom. The van der Waals surface area contributed by atoms with E-state index >= 15 is 0 Å². The number of ether oxygens (including phenoxy) is 1. The molecule has 1 fully saturated rings. The second-order valence-corrected chi connectivity index (χ2v) is 6.92. The lowest BCUT2D eigenvalue weighted by Crippen LogP contribution is -2.34. The van der Waals surface area contributed by atoms with Crippen molar-refractivity contribution in [1.82, 2.24) is 5.32 Å². The maximum Gasteiger partial charge on any atom is 0.208 e. The molecule has 2 N–H and O–H groups in total. The number of hydrogen-bond acceptors (Lipinski definition) is 5. The summed E-state index contributed by atoms with van der Waals surface area (Å²) >= 11 is 1.52. The first-order valence-corrected chi connectivity index (χ1v) is 9.11. The largest absolute Gasteiger partial charge is 0.383 e. The van der Waals surface area contributed by atoms with Crippen LogP contribution in [-0.2, 0) is 4.74 Å². The van der Waals surface area contributed by atoms with E-state index in [0.717, 1.165) is 29.0 Å². The van der Waals surface area contributed by atoms with Crippen molar-refractivity contribution in [3.05, 3.63) is 48.0 Å². The molecule has 0 unspecified atom stereocenters. The monoisotopic (exact) mass is 339 g/mol. The van der Waals surface area contributed by atoms with Crippen LogP contribution < -0.4 is 10.6 Å². The van der Waals surface area contributed by atoms with Crippen LogP contribution in [0.4, 0.5) is 5.69 Å². The molecule has 5 heteroatoms. The molecule has 4 nitrogen and oxygen atoms in total. The fourth-order valence-electron chi connectivity index (χ4n) is 3.04. The Morgan fingerprint density at radius 2 is 2.00 bits per heavy atom. The van der Waals surface area contributed by atoms with Gasteiger partial charge in [-0.1, -0.05) is 36.4 Å². The zero-order valence-electron chi connectivity index (χ0n) is 13.7. The molecular formula is C19H21N3OS. The predicted octanol–water partition coefficient (Wildman–Crippen LogP) is 4.26. The number of hydrogen-bond donors (Lipinski definition) is 2. The molecule has 1 heterocycles. The van der Waals surface area contributed by atoms with Crippen LogP contribution in [0.2, 0.25) is 0 Å². The third-order valence-electron chi connectivity index (χ3n) is 4.37. The average molecular weight is 339 g/mol. The summed E-state index contributed by atoms with van der Waals surface area (Å²) in [7, 11) is 1.70. The topological polar surface area (TPSA) is 45.6 Å². The molecule has 0 radical (unpaired) electrons. The molecule has 0 bridgehead atoms. The summed E-state index contributed by atoms with van der Waals surface area (Å²) in [6.07, 6.45) is 2.61. The van der Waals surface area contributed by atoms with Gasteiger partial charge in [0.05, 0.1) is 17.2 Å². The Kier molecular flexibility index (Phi) is 4.45. The first-order valence-electron chi connectivity index (χ1n) is 8.34. The van der Waals surface area contributed by atoms with E-state index in [1.165, 1.54) is 41.5 Å². The van der Waals surface area contributed by atoms with Crippen molar-refractivity contribution in [2.45, 2.75) is 23.7 Å². The number of anilines is 1. The molecule has 2 aromatic rings. The number of nitrogens with one attached hydrogen (secondary N) is 2. The highest BCUT2D eigenvalue weighted by molar-refractivity contribution is 7.98. The molecule has 0 aromatic heterocycles. The Labute approximate surface area is 146 Å². The third-order valence-corrected chi connectivity index (χ3v) is 5.18. The van der Waals surface area contributed by atoms with Gasteiger partial charge < -0.3 is 15.4 Å². The number of fused-ring (bicyclic) bond motifs is 1. The van der Waals surface area contributed by atoms with E-state index in [4.69, 9.17) is 4.74 Å². The molecule has 4 rings (SSSR count). The van der Waals surface area contributed by atoms with Crippen LogP contribution in [0.5, 0.6) is 0 Å². The Bertz CT molecular complexity index is 771. The van der Waals surface area contributed by atoms with Crippen molar-refractivity contribution in [3.8, 4) is 11.1 Å². The maximum atomic E-state index is 5.09. The van der Waals surface area contributed by atoms with Crippen molar-refractivity contribution in [2.75, 3.05) is 25.6 Å². The van der Waals surface area contributed by atoms with Crippen molar-refractivity contribution in [3.63, 3.8) is 0 Å². The van der Waals surface area contributed by atoms with E-state index in [-0.39, 0.29) is 0 Å². The molecule has 1 aliphatic carbocycles. The molecule has 24 heavy (non-hydrogen) atoms.